The van der Waals surface area contributed by atoms with Crippen molar-refractivity contribution in [1.29, 1.82) is 0 Å². The fourth-order valence-electron chi connectivity index (χ4n) is 9.59. The molecule has 3 heterocycles. The number of carbonyl (C=O) groups excluding carboxylic acids is 8. The molecule has 4 N–H and O–H groups in total. The Morgan fingerprint density at radius 1 is 0.636 bits per heavy atom. The molecule has 2 unspecified atom stereocenters. The predicted molar refractivity (Wildman–Crippen MR) is 253 cm³/mol. The van der Waals surface area contributed by atoms with Crippen LogP contribution in [0, 0.1) is 23.7 Å². The van der Waals surface area contributed by atoms with E-state index in [1.54, 1.807) is 23.8 Å². The topological polar surface area (TPSA) is 191 Å². The van der Waals surface area contributed by atoms with Crippen LogP contribution in [0.25, 0.3) is 0 Å². The molecule has 3 aliphatic heterocycles. The lowest BCUT2D eigenvalue weighted by atomic mass is 9.89. The van der Waals surface area contributed by atoms with Gasteiger partial charge in [0.15, 0.2) is 11.6 Å². The van der Waals surface area contributed by atoms with Gasteiger partial charge in [-0.2, -0.15) is 0 Å². The van der Waals surface area contributed by atoms with Crippen molar-refractivity contribution >= 4 is 46.9 Å². The van der Waals surface area contributed by atoms with Gasteiger partial charge < -0.3 is 31.1 Å². The van der Waals surface area contributed by atoms with E-state index in [0.29, 0.717) is 103 Å². The van der Waals surface area contributed by atoms with Crippen LogP contribution in [0.15, 0.2) is 60.7 Å². The van der Waals surface area contributed by atoms with Gasteiger partial charge in [-0.25, -0.2) is 0 Å². The Kier molecular flexibility index (Phi) is 20.5. The highest BCUT2D eigenvalue weighted by Crippen LogP contribution is 2.29. The second-order valence-electron chi connectivity index (χ2n) is 18.8. The standard InChI is InChI=1S/C52H74N6O8/c1-5-35(2)48(62)56-42-23-13-15-27-55-50(64)40(30-37-18-8-6-9-19-37)33-46(60)43-24-16-28-57(43)51(65)39(32-45(59)36(3)53-4)22-12-14-26-54-49(63)41(31-38-20-10-7-11-21-38)34-47(61)44-25-17-29-58(44)52(42)66/h6-11,18-21,35-36,39-44,53H,5,12-17,22-34H2,1-4H3,(H,54,63)(H,55,64)(H,56,62)/t35-,36+,39-,40-,41?,42+,43?,44+/m1/s1. The number of fused-ring (bicyclic) bond motifs is 2. The third-order valence-corrected chi connectivity index (χ3v) is 14.0. The van der Waals surface area contributed by atoms with E-state index in [-0.39, 0.29) is 78.6 Å². The quantitative estimate of drug-likeness (QED) is 0.243. The smallest absolute Gasteiger partial charge is 0.245 e. The van der Waals surface area contributed by atoms with Gasteiger partial charge in [0, 0.05) is 69.1 Å². The van der Waals surface area contributed by atoms with Gasteiger partial charge in [-0.1, -0.05) is 80.9 Å². The maximum Gasteiger partial charge on any atom is 0.245 e. The number of rotatable bonds is 11. The molecule has 3 saturated heterocycles. The minimum atomic E-state index is -0.873. The van der Waals surface area contributed by atoms with E-state index < -0.39 is 41.9 Å². The highest BCUT2D eigenvalue weighted by molar-refractivity contribution is 5.96. The number of benzene rings is 2. The van der Waals surface area contributed by atoms with Crippen molar-refractivity contribution in [3.63, 3.8) is 0 Å². The van der Waals surface area contributed by atoms with Crippen molar-refractivity contribution < 1.29 is 38.4 Å². The normalized spacial score (nSPS) is 25.9. The number of carbonyl (C=O) groups is 8. The van der Waals surface area contributed by atoms with Crippen molar-refractivity contribution in [2.75, 3.05) is 33.2 Å². The van der Waals surface area contributed by atoms with Crippen molar-refractivity contribution in [2.45, 2.75) is 148 Å². The summed E-state index contributed by atoms with van der Waals surface area (Å²) < 4.78 is 0. The molecule has 0 aliphatic carbocycles. The molecular formula is C52H74N6O8. The molecule has 0 radical (unpaired) electrons. The highest BCUT2D eigenvalue weighted by atomic mass is 16.2. The van der Waals surface area contributed by atoms with Gasteiger partial charge >= 0.3 is 0 Å². The largest absolute Gasteiger partial charge is 0.356 e. The van der Waals surface area contributed by atoms with Crippen molar-refractivity contribution in [3.8, 4) is 0 Å². The molecule has 8 atom stereocenters. The van der Waals surface area contributed by atoms with Crippen LogP contribution >= 0.6 is 0 Å². The monoisotopic (exact) mass is 911 g/mol. The molecule has 2 aromatic rings. The van der Waals surface area contributed by atoms with Crippen LogP contribution < -0.4 is 21.3 Å². The molecule has 360 valence electrons. The number of hydrogen-bond acceptors (Lipinski definition) is 9. The van der Waals surface area contributed by atoms with Crippen LogP contribution in [0.5, 0.6) is 0 Å². The molecule has 0 spiro atoms. The van der Waals surface area contributed by atoms with Gasteiger partial charge in [0.25, 0.3) is 0 Å². The Morgan fingerprint density at radius 3 is 1.61 bits per heavy atom. The zero-order valence-corrected chi connectivity index (χ0v) is 39.7. The van der Waals surface area contributed by atoms with Crippen LogP contribution in [0.4, 0.5) is 0 Å². The van der Waals surface area contributed by atoms with Gasteiger partial charge in [-0.05, 0) is 102 Å². The Labute approximate surface area is 391 Å². The van der Waals surface area contributed by atoms with Crippen LogP contribution in [-0.2, 0) is 51.2 Å². The van der Waals surface area contributed by atoms with E-state index in [0.717, 1.165) is 11.1 Å². The summed E-state index contributed by atoms with van der Waals surface area (Å²) in [6.07, 6.45) is 6.01. The maximum atomic E-state index is 14.4. The fraction of sp³-hybridized carbons (Fsp3) is 0.615. The van der Waals surface area contributed by atoms with Crippen LogP contribution in [0.1, 0.15) is 122 Å². The minimum Gasteiger partial charge on any atom is -0.356 e. The van der Waals surface area contributed by atoms with E-state index in [4.69, 9.17) is 0 Å². The predicted octanol–water partition coefficient (Wildman–Crippen LogP) is 4.91. The Bertz CT molecular complexity index is 1820. The van der Waals surface area contributed by atoms with E-state index in [2.05, 4.69) is 21.3 Å². The van der Waals surface area contributed by atoms with E-state index in [9.17, 15) is 38.4 Å². The lowest BCUT2D eigenvalue weighted by Crippen LogP contribution is -2.52. The zero-order chi connectivity index (χ0) is 47.6. The molecule has 3 aliphatic rings. The average molecular weight is 911 g/mol. The summed E-state index contributed by atoms with van der Waals surface area (Å²) >= 11 is 0. The van der Waals surface area contributed by atoms with Gasteiger partial charge in [0.1, 0.15) is 11.8 Å². The number of nitrogens with zero attached hydrogens (tertiary/aromatic N) is 2. The minimum absolute atomic E-state index is 0.0105. The van der Waals surface area contributed by atoms with Gasteiger partial charge in [0.05, 0.1) is 18.1 Å². The maximum absolute atomic E-state index is 14.4. The number of amides is 5. The first kappa shape index (κ1) is 51.7. The first-order valence-electron chi connectivity index (χ1n) is 24.6. The summed E-state index contributed by atoms with van der Waals surface area (Å²) in [6.45, 7) is 6.79. The van der Waals surface area contributed by atoms with Crippen LogP contribution in [0.3, 0.4) is 0 Å². The molecule has 0 saturated carbocycles. The van der Waals surface area contributed by atoms with Gasteiger partial charge in [-0.15, -0.1) is 0 Å². The Morgan fingerprint density at radius 2 is 1.12 bits per heavy atom. The summed E-state index contributed by atoms with van der Waals surface area (Å²) in [5.41, 5.74) is 1.81. The van der Waals surface area contributed by atoms with E-state index >= 15 is 0 Å². The van der Waals surface area contributed by atoms with E-state index in [1.807, 2.05) is 74.5 Å². The third-order valence-electron chi connectivity index (χ3n) is 14.0. The zero-order valence-electron chi connectivity index (χ0n) is 39.7. The first-order valence-corrected chi connectivity index (χ1v) is 24.6. The van der Waals surface area contributed by atoms with Crippen molar-refractivity contribution in [3.05, 3.63) is 71.8 Å². The fourth-order valence-corrected chi connectivity index (χ4v) is 9.59. The molecule has 0 aromatic heterocycles. The van der Waals surface area contributed by atoms with E-state index in [1.165, 1.54) is 0 Å². The number of nitrogens with one attached hydrogen (secondary N) is 4. The second kappa shape index (κ2) is 26.2. The third kappa shape index (κ3) is 14.9. The molecule has 14 heteroatoms. The molecule has 2 aromatic carbocycles. The lowest BCUT2D eigenvalue weighted by molar-refractivity contribution is -0.143. The second-order valence-corrected chi connectivity index (χ2v) is 18.8. The molecule has 14 nitrogen and oxygen atoms in total. The molecule has 5 rings (SSSR count). The average Bonchev–Trinajstić information content (AvgIpc) is 4.03. The number of hydrogen-bond donors (Lipinski definition) is 4. The molecule has 0 bridgehead atoms. The summed E-state index contributed by atoms with van der Waals surface area (Å²) in [4.78, 5) is 115. The molecular weight excluding hydrogens is 837 g/mol. The van der Waals surface area contributed by atoms with Gasteiger partial charge in [-0.3, -0.25) is 38.4 Å². The Balaban J connectivity index is 1.41. The summed E-state index contributed by atoms with van der Waals surface area (Å²) in [5, 5.41) is 12.0. The summed E-state index contributed by atoms with van der Waals surface area (Å²) in [7, 11) is 1.70. The molecule has 5 amide bonds. The number of Topliss-reactive ketones (excluding diaryl/α,β-unsaturated/α-hetero) is 3. The molecule has 3 fully saturated rings. The Hall–Kier alpha value is -5.24. The summed E-state index contributed by atoms with van der Waals surface area (Å²) in [5.74, 6) is -4.21. The molecule has 66 heavy (non-hydrogen) atoms. The SMILES string of the molecule is CC[C@@H](C)C(=O)N[C@H]1CCCCNC(=O)[C@H](Cc2ccccc2)CC(=O)C2CCCN2C(=O)[C@@H](CC(=O)[C@H](C)NC)CCCCNC(=O)C(Cc2ccccc2)CC(=O)[C@@H]2CCCN2C1=O. The number of likely N-dealkylation sites (N-methyl/N-ethyl adjacent to an activating group) is 1. The first-order chi connectivity index (χ1) is 31.8. The van der Waals surface area contributed by atoms with Crippen LogP contribution in [0.2, 0.25) is 0 Å². The highest BCUT2D eigenvalue weighted by Gasteiger charge is 2.41. The van der Waals surface area contributed by atoms with Gasteiger partial charge in [0.2, 0.25) is 29.5 Å². The summed E-state index contributed by atoms with van der Waals surface area (Å²) in [6, 6.07) is 16.3. The van der Waals surface area contributed by atoms with Crippen molar-refractivity contribution in [2.24, 2.45) is 23.7 Å². The van der Waals surface area contributed by atoms with Crippen molar-refractivity contribution in [1.82, 2.24) is 31.1 Å². The lowest BCUT2D eigenvalue weighted by Gasteiger charge is -2.30. The number of ketones is 3. The van der Waals surface area contributed by atoms with Crippen LogP contribution in [-0.4, -0.2) is 114 Å².